The summed E-state index contributed by atoms with van der Waals surface area (Å²) in [6.07, 6.45) is 1.88. The predicted octanol–water partition coefficient (Wildman–Crippen LogP) is 2.38. The molecule has 4 rings (SSSR count). The molecule has 0 aliphatic heterocycles. The Morgan fingerprint density at radius 2 is 2.03 bits per heavy atom. The zero-order valence-electron chi connectivity index (χ0n) is 19.4. The molecule has 34 heavy (non-hydrogen) atoms. The highest BCUT2D eigenvalue weighted by atomic mass is 19.1. The van der Waals surface area contributed by atoms with Crippen molar-refractivity contribution >= 4 is 5.91 Å². The van der Waals surface area contributed by atoms with Crippen molar-refractivity contribution in [2.24, 2.45) is 7.05 Å². The molecule has 0 spiro atoms. The molecule has 0 radical (unpaired) electrons. The molecule has 0 saturated heterocycles. The number of rotatable bonds is 8. The van der Waals surface area contributed by atoms with E-state index in [2.05, 4.69) is 10.3 Å². The lowest BCUT2D eigenvalue weighted by molar-refractivity contribution is 0.0124. The molecule has 1 aliphatic rings. The Kier molecular flexibility index (Phi) is 7.14. The Bertz CT molecular complexity index is 1120. The number of carbonyl (C=O) groups is 1. The lowest BCUT2D eigenvalue weighted by Crippen LogP contribution is -2.52. The van der Waals surface area contributed by atoms with Gasteiger partial charge in [-0.2, -0.15) is 0 Å². The molecular weight excluding hydrogens is 439 g/mol. The molecule has 1 aliphatic carbocycles. The smallest absolute Gasteiger partial charge is 0.269 e. The van der Waals surface area contributed by atoms with Crippen LogP contribution in [0.3, 0.4) is 0 Å². The number of aromatic nitrogens is 2. The van der Waals surface area contributed by atoms with Crippen LogP contribution in [0.1, 0.15) is 22.5 Å². The summed E-state index contributed by atoms with van der Waals surface area (Å²) in [6.45, 7) is 0.538. The number of amides is 1. The molecule has 9 heteroatoms. The van der Waals surface area contributed by atoms with Crippen LogP contribution in [0, 0.1) is 5.82 Å². The molecular formula is C25H29FN4O4. The number of aryl methyl sites for hydroxylation is 1. The van der Waals surface area contributed by atoms with E-state index in [0.29, 0.717) is 24.4 Å². The number of benzene rings is 2. The fraction of sp³-hybridized carbons (Fsp3) is 0.360. The van der Waals surface area contributed by atoms with Crippen LogP contribution < -0.4 is 14.8 Å². The summed E-state index contributed by atoms with van der Waals surface area (Å²) in [7, 11) is 5.25. The van der Waals surface area contributed by atoms with Crippen molar-refractivity contribution in [2.75, 3.05) is 14.2 Å². The van der Waals surface area contributed by atoms with Crippen LogP contribution in [0.5, 0.6) is 11.5 Å². The SMILES string of the molecule is COc1ccc(CN(C)[C@@H]2[C@@H](O)[C@H](Oc3cccc(F)c3)C[C@H]2NC(=O)c2cncn2C)cc1. The highest BCUT2D eigenvalue weighted by Gasteiger charge is 2.46. The molecule has 180 valence electrons. The van der Waals surface area contributed by atoms with Gasteiger partial charge in [0.1, 0.15) is 35.2 Å². The molecule has 0 bridgehead atoms. The molecule has 0 unspecified atom stereocenters. The number of halogens is 1. The number of nitrogens with one attached hydrogen (secondary N) is 1. The Morgan fingerprint density at radius 1 is 1.26 bits per heavy atom. The maximum atomic E-state index is 13.7. The third-order valence-corrected chi connectivity index (χ3v) is 6.18. The van der Waals surface area contributed by atoms with Crippen LogP contribution in [-0.4, -0.2) is 63.9 Å². The zero-order valence-corrected chi connectivity index (χ0v) is 19.4. The number of imidazole rings is 1. The summed E-state index contributed by atoms with van der Waals surface area (Å²) in [4.78, 5) is 18.9. The van der Waals surface area contributed by atoms with Gasteiger partial charge in [-0.25, -0.2) is 9.37 Å². The normalized spacial score (nSPS) is 22.1. The second kappa shape index (κ2) is 10.2. The lowest BCUT2D eigenvalue weighted by atomic mass is 10.1. The van der Waals surface area contributed by atoms with Gasteiger partial charge in [0.05, 0.1) is 31.7 Å². The fourth-order valence-electron chi connectivity index (χ4n) is 4.47. The third kappa shape index (κ3) is 5.21. The topological polar surface area (TPSA) is 88.8 Å². The Hall–Kier alpha value is -3.43. The van der Waals surface area contributed by atoms with E-state index in [9.17, 15) is 14.3 Å². The Balaban J connectivity index is 1.54. The number of likely N-dealkylation sites (N-methyl/N-ethyl adjacent to an activating group) is 1. The average molecular weight is 469 g/mol. The van der Waals surface area contributed by atoms with Crippen molar-refractivity contribution in [3.8, 4) is 11.5 Å². The highest BCUT2D eigenvalue weighted by Crippen LogP contribution is 2.30. The largest absolute Gasteiger partial charge is 0.497 e. The molecule has 1 amide bonds. The summed E-state index contributed by atoms with van der Waals surface area (Å²) in [5.41, 5.74) is 1.45. The Labute approximate surface area is 197 Å². The third-order valence-electron chi connectivity index (χ3n) is 6.18. The van der Waals surface area contributed by atoms with Crippen molar-refractivity contribution < 1.29 is 23.8 Å². The first-order valence-electron chi connectivity index (χ1n) is 11.1. The van der Waals surface area contributed by atoms with Gasteiger partial charge in [-0.05, 0) is 36.9 Å². The number of hydrogen-bond donors (Lipinski definition) is 2. The standard InChI is InChI=1S/C25H29FN4O4/c1-29(14-16-7-9-18(33-3)10-8-16)23-20(28-25(32)21-13-27-15-30(21)2)12-22(24(23)31)34-19-6-4-5-17(26)11-19/h4-11,13,15,20,22-24,31H,12,14H2,1-3H3,(H,28,32)/t20-,22-,23+,24+/m1/s1. The molecule has 1 heterocycles. The first-order valence-corrected chi connectivity index (χ1v) is 11.1. The van der Waals surface area contributed by atoms with E-state index in [0.717, 1.165) is 11.3 Å². The number of nitrogens with zero attached hydrogens (tertiary/aromatic N) is 3. The van der Waals surface area contributed by atoms with Gasteiger partial charge in [-0.3, -0.25) is 9.69 Å². The van der Waals surface area contributed by atoms with Gasteiger partial charge < -0.3 is 24.5 Å². The number of aliphatic hydroxyl groups is 1. The summed E-state index contributed by atoms with van der Waals surface area (Å²) in [5.74, 6) is 0.391. The van der Waals surface area contributed by atoms with Gasteiger partial charge in [-0.15, -0.1) is 0 Å². The van der Waals surface area contributed by atoms with E-state index in [-0.39, 0.29) is 5.91 Å². The van der Waals surface area contributed by atoms with E-state index in [1.54, 1.807) is 37.2 Å². The number of carbonyl (C=O) groups excluding carboxylic acids is 1. The molecule has 4 atom stereocenters. The van der Waals surface area contributed by atoms with Gasteiger partial charge in [0.15, 0.2) is 0 Å². The number of aliphatic hydroxyl groups excluding tert-OH is 1. The van der Waals surface area contributed by atoms with Gasteiger partial charge >= 0.3 is 0 Å². The summed E-state index contributed by atoms with van der Waals surface area (Å²) < 4.78 is 26.5. The van der Waals surface area contributed by atoms with Gasteiger partial charge in [0, 0.05) is 26.1 Å². The van der Waals surface area contributed by atoms with Crippen LogP contribution in [0.15, 0.2) is 61.1 Å². The zero-order chi connectivity index (χ0) is 24.2. The molecule has 3 aromatic rings. The van der Waals surface area contributed by atoms with E-state index >= 15 is 0 Å². The fourth-order valence-corrected chi connectivity index (χ4v) is 4.47. The van der Waals surface area contributed by atoms with Crippen LogP contribution in [0.25, 0.3) is 0 Å². The lowest BCUT2D eigenvalue weighted by Gasteiger charge is -2.32. The maximum Gasteiger partial charge on any atom is 0.269 e. The van der Waals surface area contributed by atoms with Gasteiger partial charge in [-0.1, -0.05) is 18.2 Å². The first-order chi connectivity index (χ1) is 16.4. The minimum Gasteiger partial charge on any atom is -0.497 e. The molecule has 2 N–H and O–H groups in total. The van der Waals surface area contributed by atoms with Crippen LogP contribution >= 0.6 is 0 Å². The summed E-state index contributed by atoms with van der Waals surface area (Å²) in [5, 5.41) is 14.3. The van der Waals surface area contributed by atoms with Crippen molar-refractivity contribution in [1.29, 1.82) is 0 Å². The first kappa shape index (κ1) is 23.7. The average Bonchev–Trinajstić information content (AvgIpc) is 3.37. The van der Waals surface area contributed by atoms with Crippen LogP contribution in [-0.2, 0) is 13.6 Å². The van der Waals surface area contributed by atoms with Gasteiger partial charge in [0.25, 0.3) is 5.91 Å². The van der Waals surface area contributed by atoms with Crippen molar-refractivity contribution in [1.82, 2.24) is 19.8 Å². The van der Waals surface area contributed by atoms with Crippen molar-refractivity contribution in [3.63, 3.8) is 0 Å². The maximum absolute atomic E-state index is 13.7. The second-order valence-electron chi connectivity index (χ2n) is 8.56. The van der Waals surface area contributed by atoms with Crippen LogP contribution in [0.4, 0.5) is 4.39 Å². The number of hydrogen-bond acceptors (Lipinski definition) is 6. The van der Waals surface area contributed by atoms with Gasteiger partial charge in [0.2, 0.25) is 0 Å². The van der Waals surface area contributed by atoms with Crippen molar-refractivity contribution in [2.45, 2.75) is 37.3 Å². The molecule has 2 aromatic carbocycles. The predicted molar refractivity (Wildman–Crippen MR) is 124 cm³/mol. The monoisotopic (exact) mass is 468 g/mol. The van der Waals surface area contributed by atoms with Crippen molar-refractivity contribution in [3.05, 3.63) is 78.1 Å². The van der Waals surface area contributed by atoms with Crippen LogP contribution in [0.2, 0.25) is 0 Å². The second-order valence-corrected chi connectivity index (χ2v) is 8.56. The number of ether oxygens (including phenoxy) is 2. The van der Waals surface area contributed by atoms with E-state index < -0.39 is 30.1 Å². The van der Waals surface area contributed by atoms with E-state index in [1.807, 2.05) is 36.2 Å². The Morgan fingerprint density at radius 3 is 2.68 bits per heavy atom. The summed E-state index contributed by atoms with van der Waals surface area (Å²) in [6, 6.07) is 12.7. The highest BCUT2D eigenvalue weighted by molar-refractivity contribution is 5.92. The molecule has 1 saturated carbocycles. The molecule has 1 aromatic heterocycles. The summed E-state index contributed by atoms with van der Waals surface area (Å²) >= 11 is 0. The number of methoxy groups -OCH3 is 1. The minimum absolute atomic E-state index is 0.286. The molecule has 8 nitrogen and oxygen atoms in total. The van der Waals surface area contributed by atoms with E-state index in [4.69, 9.17) is 9.47 Å². The molecule has 1 fully saturated rings. The minimum atomic E-state index is -0.914. The quantitative estimate of drug-likeness (QED) is 0.528. The van der Waals surface area contributed by atoms with E-state index in [1.165, 1.54) is 18.3 Å².